The van der Waals surface area contributed by atoms with Crippen molar-refractivity contribution < 1.29 is 14.3 Å². The predicted molar refractivity (Wildman–Crippen MR) is 116 cm³/mol. The molecule has 0 radical (unpaired) electrons. The number of carbonyl (C=O) groups is 2. The van der Waals surface area contributed by atoms with Crippen molar-refractivity contribution in [1.29, 1.82) is 0 Å². The van der Waals surface area contributed by atoms with Crippen molar-refractivity contribution in [1.82, 2.24) is 4.98 Å². The Bertz CT molecular complexity index is 1010. The van der Waals surface area contributed by atoms with E-state index in [-0.39, 0.29) is 11.8 Å². The molecule has 148 valence electrons. The number of methoxy groups -OCH3 is 1. The number of pyridine rings is 1. The first kappa shape index (κ1) is 20.5. The topological polar surface area (TPSA) is 80.3 Å². The molecule has 29 heavy (non-hydrogen) atoms. The molecule has 0 fully saturated rings. The highest BCUT2D eigenvalue weighted by atomic mass is 79.9. The molecule has 0 aliphatic carbocycles. The molecule has 0 atom stereocenters. The number of rotatable bonds is 7. The number of aryl methyl sites for hydroxylation is 1. The van der Waals surface area contributed by atoms with E-state index in [0.29, 0.717) is 35.5 Å². The molecule has 1 aromatic heterocycles. The largest absolute Gasteiger partial charge is 0.494 e. The monoisotopic (exact) mass is 453 g/mol. The second-order valence-corrected chi connectivity index (χ2v) is 7.10. The molecule has 0 spiro atoms. The number of carbonyl (C=O) groups excluding carboxylic acids is 2. The van der Waals surface area contributed by atoms with Gasteiger partial charge in [0.2, 0.25) is 5.91 Å². The molecule has 1 heterocycles. The maximum absolute atomic E-state index is 12.3. The standard InChI is InChI=1S/C22H20BrN3O3/c1-29-20-13-17(25-21(27)11-8-15-5-2-3-7-18(15)23)9-10-19(20)26-22(28)16-6-4-12-24-14-16/h2-7,9-10,12-14H,8,11H2,1H3,(H,25,27)(H,26,28). The van der Waals surface area contributed by atoms with Crippen LogP contribution in [-0.2, 0) is 11.2 Å². The number of nitrogens with one attached hydrogen (secondary N) is 2. The smallest absolute Gasteiger partial charge is 0.257 e. The third-order valence-corrected chi connectivity index (χ3v) is 5.01. The van der Waals surface area contributed by atoms with Crippen LogP contribution < -0.4 is 15.4 Å². The van der Waals surface area contributed by atoms with Gasteiger partial charge in [0.25, 0.3) is 5.91 Å². The molecule has 3 aromatic rings. The second-order valence-electron chi connectivity index (χ2n) is 6.25. The molecule has 2 aromatic carbocycles. The Hall–Kier alpha value is -3.19. The Balaban J connectivity index is 1.63. The first-order valence-corrected chi connectivity index (χ1v) is 9.79. The van der Waals surface area contributed by atoms with Gasteiger partial charge in [-0.25, -0.2) is 0 Å². The summed E-state index contributed by atoms with van der Waals surface area (Å²) in [4.78, 5) is 28.6. The van der Waals surface area contributed by atoms with Crippen LogP contribution >= 0.6 is 15.9 Å². The van der Waals surface area contributed by atoms with Crippen molar-refractivity contribution in [3.05, 3.63) is 82.6 Å². The van der Waals surface area contributed by atoms with Gasteiger partial charge in [0.1, 0.15) is 5.75 Å². The van der Waals surface area contributed by atoms with E-state index in [2.05, 4.69) is 31.5 Å². The van der Waals surface area contributed by atoms with Crippen molar-refractivity contribution in [2.45, 2.75) is 12.8 Å². The summed E-state index contributed by atoms with van der Waals surface area (Å²) < 4.78 is 6.35. The fourth-order valence-electron chi connectivity index (χ4n) is 2.74. The lowest BCUT2D eigenvalue weighted by Crippen LogP contribution is -2.14. The minimum atomic E-state index is -0.290. The number of amides is 2. The van der Waals surface area contributed by atoms with Crippen molar-refractivity contribution in [2.75, 3.05) is 17.7 Å². The van der Waals surface area contributed by atoms with E-state index in [1.54, 1.807) is 36.5 Å². The molecule has 0 aliphatic heterocycles. The average molecular weight is 454 g/mol. The first-order chi connectivity index (χ1) is 14.1. The molecule has 2 amide bonds. The Morgan fingerprint density at radius 3 is 2.62 bits per heavy atom. The van der Waals surface area contributed by atoms with Crippen molar-refractivity contribution in [3.63, 3.8) is 0 Å². The highest BCUT2D eigenvalue weighted by molar-refractivity contribution is 9.10. The SMILES string of the molecule is COc1cc(NC(=O)CCc2ccccc2Br)ccc1NC(=O)c1cccnc1. The molecular formula is C22H20BrN3O3. The second kappa shape index (κ2) is 9.84. The molecule has 0 unspecified atom stereocenters. The minimum absolute atomic E-state index is 0.102. The zero-order valence-corrected chi connectivity index (χ0v) is 17.4. The van der Waals surface area contributed by atoms with Crippen LogP contribution in [0, 0.1) is 0 Å². The summed E-state index contributed by atoms with van der Waals surface area (Å²) >= 11 is 3.49. The minimum Gasteiger partial charge on any atom is -0.494 e. The van der Waals surface area contributed by atoms with Gasteiger partial charge in [-0.05, 0) is 42.3 Å². The molecule has 6 nitrogen and oxygen atoms in total. The highest BCUT2D eigenvalue weighted by Crippen LogP contribution is 2.28. The summed E-state index contributed by atoms with van der Waals surface area (Å²) in [5.74, 6) is 0.0578. The third kappa shape index (κ3) is 5.65. The number of nitrogens with zero attached hydrogens (tertiary/aromatic N) is 1. The van der Waals surface area contributed by atoms with Crippen LogP contribution in [0.5, 0.6) is 5.75 Å². The Morgan fingerprint density at radius 2 is 1.90 bits per heavy atom. The predicted octanol–water partition coefficient (Wildman–Crippen LogP) is 4.68. The molecule has 2 N–H and O–H groups in total. The van der Waals surface area contributed by atoms with Gasteiger partial charge in [-0.1, -0.05) is 34.1 Å². The molecule has 7 heteroatoms. The zero-order valence-electron chi connectivity index (χ0n) is 15.8. The first-order valence-electron chi connectivity index (χ1n) is 8.99. The van der Waals surface area contributed by atoms with Crippen LogP contribution in [0.1, 0.15) is 22.3 Å². The summed E-state index contributed by atoms with van der Waals surface area (Å²) in [6, 6.07) is 16.3. The van der Waals surface area contributed by atoms with E-state index >= 15 is 0 Å². The molecule has 3 rings (SSSR count). The fraction of sp³-hybridized carbons (Fsp3) is 0.136. The van der Waals surface area contributed by atoms with Crippen molar-refractivity contribution >= 4 is 39.1 Å². The van der Waals surface area contributed by atoms with Gasteiger partial charge in [-0.2, -0.15) is 0 Å². The molecule has 0 saturated heterocycles. The lowest BCUT2D eigenvalue weighted by Gasteiger charge is -2.13. The van der Waals surface area contributed by atoms with E-state index in [1.165, 1.54) is 13.3 Å². The molecule has 0 saturated carbocycles. The van der Waals surface area contributed by atoms with Gasteiger partial charge >= 0.3 is 0 Å². The normalized spacial score (nSPS) is 10.3. The summed E-state index contributed by atoms with van der Waals surface area (Å²) in [6.07, 6.45) is 4.07. The number of aromatic nitrogens is 1. The Kier molecular flexibility index (Phi) is 6.97. The van der Waals surface area contributed by atoms with Gasteiger partial charge in [0, 0.05) is 35.0 Å². The van der Waals surface area contributed by atoms with Crippen LogP contribution in [0.25, 0.3) is 0 Å². The zero-order chi connectivity index (χ0) is 20.6. The van der Waals surface area contributed by atoms with Gasteiger partial charge in [0.05, 0.1) is 18.4 Å². The Labute approximate surface area is 177 Å². The van der Waals surface area contributed by atoms with E-state index in [0.717, 1.165) is 10.0 Å². The fourth-order valence-corrected chi connectivity index (χ4v) is 3.22. The van der Waals surface area contributed by atoms with Gasteiger partial charge in [-0.15, -0.1) is 0 Å². The number of anilines is 2. The van der Waals surface area contributed by atoms with Crippen LogP contribution in [-0.4, -0.2) is 23.9 Å². The summed E-state index contributed by atoms with van der Waals surface area (Å²) in [7, 11) is 1.51. The van der Waals surface area contributed by atoms with Crippen LogP contribution in [0.3, 0.4) is 0 Å². The molecular weight excluding hydrogens is 434 g/mol. The number of halogens is 1. The third-order valence-electron chi connectivity index (χ3n) is 4.24. The van der Waals surface area contributed by atoms with Gasteiger partial charge in [-0.3, -0.25) is 14.6 Å². The van der Waals surface area contributed by atoms with E-state index in [1.807, 2.05) is 24.3 Å². The average Bonchev–Trinajstić information content (AvgIpc) is 2.74. The van der Waals surface area contributed by atoms with Crippen molar-refractivity contribution in [3.8, 4) is 5.75 Å². The summed E-state index contributed by atoms with van der Waals surface area (Å²) in [5.41, 5.74) is 2.62. The summed E-state index contributed by atoms with van der Waals surface area (Å²) in [5, 5.41) is 5.65. The lowest BCUT2D eigenvalue weighted by molar-refractivity contribution is -0.116. The summed E-state index contributed by atoms with van der Waals surface area (Å²) in [6.45, 7) is 0. The quantitative estimate of drug-likeness (QED) is 0.544. The maximum Gasteiger partial charge on any atom is 0.257 e. The number of hydrogen-bond acceptors (Lipinski definition) is 4. The Morgan fingerprint density at radius 1 is 1.07 bits per heavy atom. The number of benzene rings is 2. The number of hydrogen-bond donors (Lipinski definition) is 2. The van der Waals surface area contributed by atoms with Crippen molar-refractivity contribution in [2.24, 2.45) is 0 Å². The molecule has 0 bridgehead atoms. The highest BCUT2D eigenvalue weighted by Gasteiger charge is 2.12. The van der Waals surface area contributed by atoms with Gasteiger partial charge < -0.3 is 15.4 Å². The maximum atomic E-state index is 12.3. The van der Waals surface area contributed by atoms with Gasteiger partial charge in [0.15, 0.2) is 0 Å². The van der Waals surface area contributed by atoms with Crippen LogP contribution in [0.2, 0.25) is 0 Å². The van der Waals surface area contributed by atoms with Crippen LogP contribution in [0.15, 0.2) is 71.5 Å². The van der Waals surface area contributed by atoms with Crippen LogP contribution in [0.4, 0.5) is 11.4 Å². The van der Waals surface area contributed by atoms with E-state index in [9.17, 15) is 9.59 Å². The number of ether oxygens (including phenoxy) is 1. The lowest BCUT2D eigenvalue weighted by atomic mass is 10.1. The van der Waals surface area contributed by atoms with E-state index in [4.69, 9.17) is 4.74 Å². The van der Waals surface area contributed by atoms with E-state index < -0.39 is 0 Å². The molecule has 0 aliphatic rings.